The normalized spacial score (nSPS) is 14.6. The lowest BCUT2D eigenvalue weighted by atomic mass is 10.1. The van der Waals surface area contributed by atoms with Crippen molar-refractivity contribution in [2.24, 2.45) is 0 Å². The first-order valence-corrected chi connectivity index (χ1v) is 8.64. The van der Waals surface area contributed by atoms with Gasteiger partial charge in [0.25, 0.3) is 5.91 Å². The molecule has 1 saturated carbocycles. The van der Waals surface area contributed by atoms with E-state index in [0.29, 0.717) is 21.8 Å². The molecule has 0 aromatic heterocycles. The van der Waals surface area contributed by atoms with Crippen LogP contribution in [0.5, 0.6) is 5.75 Å². The van der Waals surface area contributed by atoms with Gasteiger partial charge >= 0.3 is 0 Å². The first-order chi connectivity index (χ1) is 11.5. The number of hydrogen-bond acceptors (Lipinski definition) is 3. The molecule has 24 heavy (non-hydrogen) atoms. The smallest absolute Gasteiger partial charge is 0.259 e. The Labute approximate surface area is 150 Å². The molecule has 0 saturated heterocycles. The zero-order valence-electron chi connectivity index (χ0n) is 13.0. The minimum Gasteiger partial charge on any atom is -0.507 e. The highest BCUT2D eigenvalue weighted by Gasteiger charge is 2.16. The van der Waals surface area contributed by atoms with E-state index in [0.717, 1.165) is 18.5 Å². The van der Waals surface area contributed by atoms with Crippen LogP contribution < -0.4 is 10.6 Å². The Bertz CT molecular complexity index is 759. The summed E-state index contributed by atoms with van der Waals surface area (Å²) in [5.74, 6) is -0.565. The van der Waals surface area contributed by atoms with Crippen molar-refractivity contribution in [3.8, 4) is 5.75 Å². The van der Waals surface area contributed by atoms with E-state index in [1.165, 1.54) is 31.0 Å². The third-order valence-electron chi connectivity index (χ3n) is 4.14. The summed E-state index contributed by atoms with van der Waals surface area (Å²) in [6.45, 7) is 0. The van der Waals surface area contributed by atoms with Crippen molar-refractivity contribution in [3.63, 3.8) is 0 Å². The Kier molecular flexibility index (Phi) is 5.17. The van der Waals surface area contributed by atoms with E-state index in [1.807, 2.05) is 6.07 Å². The zero-order valence-corrected chi connectivity index (χ0v) is 14.5. The second-order valence-electron chi connectivity index (χ2n) is 5.94. The molecular formula is C18H18Cl2N2O2. The number of anilines is 2. The second kappa shape index (κ2) is 7.32. The van der Waals surface area contributed by atoms with Gasteiger partial charge in [0.1, 0.15) is 5.75 Å². The Morgan fingerprint density at radius 1 is 1.08 bits per heavy atom. The van der Waals surface area contributed by atoms with E-state index in [2.05, 4.69) is 10.6 Å². The second-order valence-corrected chi connectivity index (χ2v) is 6.78. The molecule has 2 aromatic rings. The molecule has 3 rings (SSSR count). The number of nitrogens with one attached hydrogen (secondary N) is 2. The van der Waals surface area contributed by atoms with Crippen molar-refractivity contribution in [2.75, 3.05) is 10.6 Å². The van der Waals surface area contributed by atoms with Gasteiger partial charge in [0, 0.05) is 16.8 Å². The Morgan fingerprint density at radius 2 is 1.83 bits per heavy atom. The average Bonchev–Trinajstić information content (AvgIpc) is 3.05. The van der Waals surface area contributed by atoms with Crippen LogP contribution >= 0.6 is 23.2 Å². The predicted octanol–water partition coefficient (Wildman–Crippen LogP) is 5.31. The summed E-state index contributed by atoms with van der Waals surface area (Å²) >= 11 is 12.2. The van der Waals surface area contributed by atoms with Crippen molar-refractivity contribution in [1.82, 2.24) is 0 Å². The molecule has 1 fully saturated rings. The lowest BCUT2D eigenvalue weighted by Gasteiger charge is -2.16. The largest absolute Gasteiger partial charge is 0.507 e. The fraction of sp³-hybridized carbons (Fsp3) is 0.278. The van der Waals surface area contributed by atoms with Gasteiger partial charge in [0.15, 0.2) is 0 Å². The summed E-state index contributed by atoms with van der Waals surface area (Å²) in [6.07, 6.45) is 4.80. The number of phenolic OH excluding ortho intramolecular Hbond substituents is 1. The molecule has 3 N–H and O–H groups in total. The molecule has 4 nitrogen and oxygen atoms in total. The summed E-state index contributed by atoms with van der Waals surface area (Å²) < 4.78 is 0. The van der Waals surface area contributed by atoms with Crippen LogP contribution in [0.3, 0.4) is 0 Å². The highest BCUT2D eigenvalue weighted by Crippen LogP contribution is 2.30. The minimum atomic E-state index is -0.442. The molecule has 126 valence electrons. The standard InChI is InChI=1S/C18H18Cl2N2O2/c19-11-5-8-17(23)14(9-11)18(24)22-13-6-7-16(15(20)10-13)21-12-3-1-2-4-12/h5-10,12,21,23H,1-4H2,(H,22,24). The number of carbonyl (C=O) groups is 1. The summed E-state index contributed by atoms with van der Waals surface area (Å²) in [4.78, 5) is 12.3. The number of rotatable bonds is 4. The van der Waals surface area contributed by atoms with Gasteiger partial charge in [-0.3, -0.25) is 4.79 Å². The zero-order chi connectivity index (χ0) is 17.1. The highest BCUT2D eigenvalue weighted by atomic mass is 35.5. The maximum atomic E-state index is 12.3. The van der Waals surface area contributed by atoms with Crippen LogP contribution in [0, 0.1) is 0 Å². The molecule has 1 aliphatic carbocycles. The van der Waals surface area contributed by atoms with E-state index in [4.69, 9.17) is 23.2 Å². The number of carbonyl (C=O) groups excluding carboxylic acids is 1. The molecule has 0 spiro atoms. The fourth-order valence-electron chi connectivity index (χ4n) is 2.89. The van der Waals surface area contributed by atoms with Crippen LogP contribution in [0.2, 0.25) is 10.0 Å². The number of hydrogen-bond donors (Lipinski definition) is 3. The highest BCUT2D eigenvalue weighted by molar-refractivity contribution is 6.33. The molecule has 0 heterocycles. The predicted molar refractivity (Wildman–Crippen MR) is 98.4 cm³/mol. The van der Waals surface area contributed by atoms with E-state index >= 15 is 0 Å². The van der Waals surface area contributed by atoms with Crippen molar-refractivity contribution < 1.29 is 9.90 Å². The maximum absolute atomic E-state index is 12.3. The van der Waals surface area contributed by atoms with Crippen molar-refractivity contribution >= 4 is 40.5 Å². The van der Waals surface area contributed by atoms with Crippen LogP contribution in [0.25, 0.3) is 0 Å². The molecule has 1 aliphatic rings. The number of halogens is 2. The van der Waals surface area contributed by atoms with Crippen LogP contribution in [0.1, 0.15) is 36.0 Å². The summed E-state index contributed by atoms with van der Waals surface area (Å²) in [5.41, 5.74) is 1.54. The number of amides is 1. The fourth-order valence-corrected chi connectivity index (χ4v) is 3.30. The summed E-state index contributed by atoms with van der Waals surface area (Å²) in [5, 5.41) is 16.9. The molecular weight excluding hydrogens is 347 g/mol. The Balaban J connectivity index is 1.72. The first-order valence-electron chi connectivity index (χ1n) is 7.89. The lowest BCUT2D eigenvalue weighted by molar-refractivity contribution is 0.102. The SMILES string of the molecule is O=C(Nc1ccc(NC2CCCC2)c(Cl)c1)c1cc(Cl)ccc1O. The van der Waals surface area contributed by atoms with Crippen molar-refractivity contribution in [3.05, 3.63) is 52.0 Å². The van der Waals surface area contributed by atoms with Crippen LogP contribution in [-0.2, 0) is 0 Å². The van der Waals surface area contributed by atoms with Crippen LogP contribution in [0.15, 0.2) is 36.4 Å². The average molecular weight is 365 g/mol. The number of phenols is 1. The van der Waals surface area contributed by atoms with Gasteiger partial charge in [-0.05, 0) is 49.2 Å². The van der Waals surface area contributed by atoms with Gasteiger partial charge in [-0.1, -0.05) is 36.0 Å². The molecule has 0 aliphatic heterocycles. The van der Waals surface area contributed by atoms with Gasteiger partial charge in [0.2, 0.25) is 0 Å². The van der Waals surface area contributed by atoms with Gasteiger partial charge in [-0.15, -0.1) is 0 Å². The van der Waals surface area contributed by atoms with Gasteiger partial charge < -0.3 is 15.7 Å². The molecule has 0 radical (unpaired) electrons. The van der Waals surface area contributed by atoms with E-state index < -0.39 is 5.91 Å². The minimum absolute atomic E-state index is 0.117. The van der Waals surface area contributed by atoms with E-state index in [9.17, 15) is 9.90 Å². The van der Waals surface area contributed by atoms with Crippen molar-refractivity contribution in [1.29, 1.82) is 0 Å². The Morgan fingerprint density at radius 3 is 2.54 bits per heavy atom. The maximum Gasteiger partial charge on any atom is 0.259 e. The van der Waals surface area contributed by atoms with Crippen LogP contribution in [-0.4, -0.2) is 17.1 Å². The van der Waals surface area contributed by atoms with Crippen LogP contribution in [0.4, 0.5) is 11.4 Å². The third kappa shape index (κ3) is 3.94. The molecule has 1 amide bonds. The molecule has 2 aromatic carbocycles. The summed E-state index contributed by atoms with van der Waals surface area (Å²) in [6, 6.07) is 10.1. The van der Waals surface area contributed by atoms with E-state index in [1.54, 1.807) is 12.1 Å². The van der Waals surface area contributed by atoms with Crippen molar-refractivity contribution in [2.45, 2.75) is 31.7 Å². The molecule has 0 bridgehead atoms. The third-order valence-corrected chi connectivity index (χ3v) is 4.69. The monoisotopic (exact) mass is 364 g/mol. The molecule has 6 heteroatoms. The molecule has 0 unspecified atom stereocenters. The van der Waals surface area contributed by atoms with E-state index in [-0.39, 0.29) is 11.3 Å². The van der Waals surface area contributed by atoms with Gasteiger partial charge in [0.05, 0.1) is 16.3 Å². The summed E-state index contributed by atoms with van der Waals surface area (Å²) in [7, 11) is 0. The number of benzene rings is 2. The lowest BCUT2D eigenvalue weighted by Crippen LogP contribution is -2.15. The van der Waals surface area contributed by atoms with Gasteiger partial charge in [-0.25, -0.2) is 0 Å². The number of aromatic hydroxyl groups is 1. The van der Waals surface area contributed by atoms with Gasteiger partial charge in [-0.2, -0.15) is 0 Å². The topological polar surface area (TPSA) is 61.4 Å². The quantitative estimate of drug-likeness (QED) is 0.689. The Hall–Kier alpha value is -1.91. The molecule has 0 atom stereocenters. The first kappa shape index (κ1) is 16.9.